The Morgan fingerprint density at radius 3 is 2.10 bits per heavy atom. The van der Waals surface area contributed by atoms with Crippen molar-refractivity contribution in [3.8, 4) is 0 Å². The quantitative estimate of drug-likeness (QED) is 0.324. The number of aromatic nitrogens is 2. The van der Waals surface area contributed by atoms with Crippen molar-refractivity contribution >= 4 is 28.1 Å². The number of rotatable bonds is 8. The van der Waals surface area contributed by atoms with E-state index in [0.717, 1.165) is 11.1 Å². The van der Waals surface area contributed by atoms with Crippen LogP contribution < -0.4 is 15.4 Å². The second-order valence-electron chi connectivity index (χ2n) is 8.38. The van der Waals surface area contributed by atoms with Crippen LogP contribution in [0.4, 0.5) is 0 Å². The molecule has 0 saturated carbocycles. The maximum Gasteiger partial charge on any atom is 0.255 e. The number of fused-ring (bicyclic) bond motifs is 1. The molecule has 0 fully saturated rings. The Kier molecular flexibility index (Phi) is 17.5. The first-order chi connectivity index (χ1) is 19.6. The number of amides is 1. The number of sulfonamides is 1. The van der Waals surface area contributed by atoms with Gasteiger partial charge in [0.1, 0.15) is 5.25 Å². The summed E-state index contributed by atoms with van der Waals surface area (Å²) < 4.78 is 29.2. The van der Waals surface area contributed by atoms with Gasteiger partial charge in [-0.15, -0.1) is 0 Å². The Bertz CT molecular complexity index is 1430. The number of hydrogen-bond acceptors (Lipinski definition) is 5. The molecule has 2 aromatic rings. The van der Waals surface area contributed by atoms with Crippen molar-refractivity contribution in [2.75, 3.05) is 7.05 Å². The monoisotopic (exact) mass is 580 g/mol. The molecular formula is C33H48N4O3S. The summed E-state index contributed by atoms with van der Waals surface area (Å²) in [6.07, 6.45) is 12.8. The smallest absolute Gasteiger partial charge is 0.255 e. The number of carbonyl (C=O) groups is 1. The first-order valence-electron chi connectivity index (χ1n) is 14.2. The molecule has 224 valence electrons. The number of hydrogen-bond donors (Lipinski definition) is 1. The first-order valence-corrected chi connectivity index (χ1v) is 15.7. The van der Waals surface area contributed by atoms with Gasteiger partial charge < -0.3 is 4.90 Å². The van der Waals surface area contributed by atoms with Crippen LogP contribution in [0, 0.1) is 0 Å². The van der Waals surface area contributed by atoms with E-state index in [0.29, 0.717) is 10.7 Å². The molecule has 1 aromatic carbocycles. The van der Waals surface area contributed by atoms with Gasteiger partial charge in [-0.05, 0) is 44.6 Å². The largest absolute Gasteiger partial charge is 0.335 e. The summed E-state index contributed by atoms with van der Waals surface area (Å²) in [7, 11) is -2.23. The van der Waals surface area contributed by atoms with Crippen molar-refractivity contribution in [2.45, 2.75) is 73.6 Å². The van der Waals surface area contributed by atoms with E-state index in [2.05, 4.69) is 21.3 Å². The highest BCUT2D eigenvalue weighted by Crippen LogP contribution is 2.22. The topological polar surface area (TPSA) is 92.3 Å². The number of allylic oxidation sites excluding steroid dienone is 4. The van der Waals surface area contributed by atoms with E-state index < -0.39 is 15.3 Å². The van der Waals surface area contributed by atoms with E-state index >= 15 is 0 Å². The van der Waals surface area contributed by atoms with E-state index in [1.165, 1.54) is 12.3 Å². The average Bonchev–Trinajstić information content (AvgIpc) is 3.23. The molecule has 1 N–H and O–H groups in total. The molecule has 7 nitrogen and oxygen atoms in total. The molecule has 41 heavy (non-hydrogen) atoms. The normalized spacial score (nSPS) is 14.7. The van der Waals surface area contributed by atoms with Gasteiger partial charge in [0.05, 0.1) is 22.3 Å². The molecule has 0 aliphatic heterocycles. The molecule has 8 heteroatoms. The number of nitrogens with one attached hydrogen (secondary N) is 1. The van der Waals surface area contributed by atoms with Gasteiger partial charge in [0.15, 0.2) is 0 Å². The van der Waals surface area contributed by atoms with Gasteiger partial charge in [-0.3, -0.25) is 19.5 Å². The molecule has 1 heterocycles. The SMILES string of the molecule is C=C(C)/C=C\C(C(=O)N(C)C(C)c1ccccc1)=C(/C)NS(=O)(=O)C1C=CC=c2nccnc2=C1.CC.CC.CC. The molecule has 1 aliphatic rings. The van der Waals surface area contributed by atoms with Gasteiger partial charge in [0.2, 0.25) is 10.0 Å². The third-order valence-corrected chi connectivity index (χ3v) is 7.24. The van der Waals surface area contributed by atoms with Gasteiger partial charge in [-0.2, -0.15) is 0 Å². The number of carbonyl (C=O) groups excluding carboxylic acids is 1. The zero-order chi connectivity index (χ0) is 31.6. The molecule has 1 amide bonds. The molecule has 1 aromatic heterocycles. The lowest BCUT2D eigenvalue weighted by Gasteiger charge is -2.27. The molecule has 3 rings (SSSR count). The van der Waals surface area contributed by atoms with Crippen molar-refractivity contribution in [1.82, 2.24) is 19.6 Å². The van der Waals surface area contributed by atoms with Gasteiger partial charge >= 0.3 is 0 Å². The fourth-order valence-electron chi connectivity index (χ4n) is 3.52. The standard InChI is InChI=1S/C27H30N4O3S.3C2H6/c1-19(2)14-15-24(27(32)31(5)21(4)22-10-7-6-8-11-22)20(3)30-35(33,34)23-12-9-13-25-26(18-23)29-17-16-28-25;3*1-2/h6-18,21,23,30H,1H2,2-5H3;3*1-2H3/b15-14-,24-20-;;;. The van der Waals surface area contributed by atoms with Gasteiger partial charge in [-0.25, -0.2) is 8.42 Å². The summed E-state index contributed by atoms with van der Waals surface area (Å²) >= 11 is 0. The Morgan fingerprint density at radius 2 is 1.54 bits per heavy atom. The van der Waals surface area contributed by atoms with E-state index in [1.807, 2.05) is 78.8 Å². The first kappa shape index (κ1) is 37.2. The minimum absolute atomic E-state index is 0.217. The van der Waals surface area contributed by atoms with Crippen LogP contribution >= 0.6 is 0 Å². The predicted octanol–water partition coefficient (Wildman–Crippen LogP) is 5.60. The van der Waals surface area contributed by atoms with Crippen LogP contribution in [-0.2, 0) is 14.8 Å². The molecule has 1 aliphatic carbocycles. The Hall–Kier alpha value is -3.78. The van der Waals surface area contributed by atoms with Crippen LogP contribution in [0.5, 0.6) is 0 Å². The zero-order valence-electron chi connectivity index (χ0n) is 26.3. The molecule has 2 unspecified atom stereocenters. The zero-order valence-corrected chi connectivity index (χ0v) is 27.2. The van der Waals surface area contributed by atoms with Crippen LogP contribution in [-0.4, -0.2) is 41.5 Å². The van der Waals surface area contributed by atoms with Crippen molar-refractivity contribution in [3.63, 3.8) is 0 Å². The fraction of sp³-hybridized carbons (Fsp3) is 0.364. The van der Waals surface area contributed by atoms with Crippen molar-refractivity contribution < 1.29 is 13.2 Å². The van der Waals surface area contributed by atoms with Crippen LogP contribution in [0.3, 0.4) is 0 Å². The summed E-state index contributed by atoms with van der Waals surface area (Å²) in [6.45, 7) is 21.2. The van der Waals surface area contributed by atoms with Gasteiger partial charge in [0.25, 0.3) is 5.91 Å². The van der Waals surface area contributed by atoms with Crippen molar-refractivity contribution in [2.24, 2.45) is 0 Å². The number of likely N-dealkylation sites (N-methyl/N-ethyl adjacent to an activating group) is 1. The highest BCUT2D eigenvalue weighted by molar-refractivity contribution is 7.90. The van der Waals surface area contributed by atoms with Crippen LogP contribution in [0.2, 0.25) is 0 Å². The molecule has 2 atom stereocenters. The maximum atomic E-state index is 13.5. The van der Waals surface area contributed by atoms with E-state index in [9.17, 15) is 13.2 Å². The summed E-state index contributed by atoms with van der Waals surface area (Å²) in [5.74, 6) is -0.316. The minimum atomic E-state index is -3.93. The maximum absolute atomic E-state index is 13.5. The summed E-state index contributed by atoms with van der Waals surface area (Å²) in [5, 5.41) is 0.0731. The molecule has 0 radical (unpaired) electrons. The number of nitrogens with zero attached hydrogens (tertiary/aromatic N) is 3. The third kappa shape index (κ3) is 11.3. The van der Waals surface area contributed by atoms with E-state index in [-0.39, 0.29) is 23.2 Å². The second-order valence-corrected chi connectivity index (χ2v) is 10.2. The molecule has 0 bridgehead atoms. The van der Waals surface area contributed by atoms with Gasteiger partial charge in [0, 0.05) is 25.1 Å². The summed E-state index contributed by atoms with van der Waals surface area (Å²) in [5.41, 5.74) is 2.15. The highest BCUT2D eigenvalue weighted by Gasteiger charge is 2.26. The fourth-order valence-corrected chi connectivity index (χ4v) is 4.79. The Labute approximate surface area is 247 Å². The lowest BCUT2D eigenvalue weighted by atomic mass is 10.1. The lowest BCUT2D eigenvalue weighted by molar-refractivity contribution is -0.127. The van der Waals surface area contributed by atoms with Gasteiger partial charge in [-0.1, -0.05) is 102 Å². The van der Waals surface area contributed by atoms with Crippen molar-refractivity contribution in [1.29, 1.82) is 0 Å². The summed E-state index contributed by atoms with van der Waals surface area (Å²) in [4.78, 5) is 23.5. The average molecular weight is 581 g/mol. The second kappa shape index (κ2) is 19.3. The van der Waals surface area contributed by atoms with E-state index in [4.69, 9.17) is 0 Å². The highest BCUT2D eigenvalue weighted by atomic mass is 32.2. The van der Waals surface area contributed by atoms with E-state index in [1.54, 1.807) is 62.4 Å². The molecule has 0 spiro atoms. The van der Waals surface area contributed by atoms with Crippen LogP contribution in [0.15, 0.2) is 90.5 Å². The van der Waals surface area contributed by atoms with Crippen molar-refractivity contribution in [3.05, 3.63) is 107 Å². The summed E-state index contributed by atoms with van der Waals surface area (Å²) in [6, 6.07) is 9.42. The predicted molar refractivity (Wildman–Crippen MR) is 174 cm³/mol. The van der Waals surface area contributed by atoms with Crippen LogP contribution in [0.1, 0.15) is 73.9 Å². The van der Waals surface area contributed by atoms with Crippen LogP contribution in [0.25, 0.3) is 12.2 Å². The Morgan fingerprint density at radius 1 is 0.976 bits per heavy atom. The number of benzene rings is 1. The lowest BCUT2D eigenvalue weighted by Crippen LogP contribution is -2.37. The molecule has 0 saturated heterocycles. The minimum Gasteiger partial charge on any atom is -0.335 e. The molecular weight excluding hydrogens is 532 g/mol. The Balaban J connectivity index is 0.00000250. The third-order valence-electron chi connectivity index (χ3n) is 5.64.